The maximum atomic E-state index is 13.1. The lowest BCUT2D eigenvalue weighted by molar-refractivity contribution is 0.101. The van der Waals surface area contributed by atoms with Gasteiger partial charge in [0, 0.05) is 31.7 Å². The van der Waals surface area contributed by atoms with Crippen LogP contribution in [0.4, 0.5) is 0 Å². The number of nitrogens with one attached hydrogen (secondary N) is 1. The Morgan fingerprint density at radius 2 is 1.96 bits per heavy atom. The number of aromatic nitrogens is 2. The number of sulfonamides is 1. The van der Waals surface area contributed by atoms with Crippen LogP contribution in [0.15, 0.2) is 53.4 Å². The molecule has 2 aromatic carbocycles. The minimum absolute atomic E-state index is 0.0468. The van der Waals surface area contributed by atoms with Crippen molar-refractivity contribution in [2.24, 2.45) is 5.92 Å². The molecule has 1 aromatic heterocycles. The number of piperidine rings is 1. The molecule has 2 heterocycles. The minimum Gasteiger partial charge on any atom is -0.396 e. The van der Waals surface area contributed by atoms with Gasteiger partial charge in [-0.25, -0.2) is 13.1 Å². The van der Waals surface area contributed by atoms with Crippen molar-refractivity contribution >= 4 is 32.8 Å². The molecule has 2 atom stereocenters. The highest BCUT2D eigenvalue weighted by atomic mass is 32.2. The normalized spacial score (nSPS) is 21.2. The van der Waals surface area contributed by atoms with E-state index in [1.54, 1.807) is 18.2 Å². The fourth-order valence-corrected chi connectivity index (χ4v) is 5.73. The highest BCUT2D eigenvalue weighted by Crippen LogP contribution is 2.24. The molecule has 9 heteroatoms. The number of rotatable bonds is 6. The van der Waals surface area contributed by atoms with E-state index in [9.17, 15) is 13.5 Å². The summed E-state index contributed by atoms with van der Waals surface area (Å²) in [5, 5.41) is 9.77. The third-order valence-electron chi connectivity index (χ3n) is 5.17. The van der Waals surface area contributed by atoms with Gasteiger partial charge in [0.25, 0.3) is 0 Å². The molecule has 2 N–H and O–H groups in total. The van der Waals surface area contributed by atoms with Crippen LogP contribution in [0.3, 0.4) is 0 Å². The molecule has 0 radical (unpaired) electrons. The number of aliphatic hydroxyl groups is 1. The van der Waals surface area contributed by atoms with Crippen molar-refractivity contribution in [2.75, 3.05) is 19.7 Å². The van der Waals surface area contributed by atoms with Crippen LogP contribution < -0.4 is 4.72 Å². The standard InChI is InChI=1S/C19H22N4O3S2/c24-13-15-9-10-23(11-14-5-2-1-3-6-14)12-17(15)22-28(25,26)18-8-4-7-16-19(18)21-27-20-16/h1-8,15,17,22,24H,9-13H2/t15-,17+/m1/s1. The van der Waals surface area contributed by atoms with Gasteiger partial charge in [-0.05, 0) is 30.7 Å². The van der Waals surface area contributed by atoms with Crippen molar-refractivity contribution in [3.63, 3.8) is 0 Å². The van der Waals surface area contributed by atoms with E-state index in [-0.39, 0.29) is 23.5 Å². The number of likely N-dealkylation sites (tertiary alicyclic amines) is 1. The fraction of sp³-hybridized carbons (Fsp3) is 0.368. The average Bonchev–Trinajstić information content (AvgIpc) is 3.17. The van der Waals surface area contributed by atoms with Crippen LogP contribution in [-0.4, -0.2) is 52.9 Å². The first kappa shape index (κ1) is 19.4. The van der Waals surface area contributed by atoms with Crippen LogP contribution in [0.5, 0.6) is 0 Å². The zero-order valence-corrected chi connectivity index (χ0v) is 16.9. The summed E-state index contributed by atoms with van der Waals surface area (Å²) in [6, 6.07) is 14.7. The smallest absolute Gasteiger partial charge is 0.243 e. The quantitative estimate of drug-likeness (QED) is 0.634. The molecular formula is C19H22N4O3S2. The predicted molar refractivity (Wildman–Crippen MR) is 108 cm³/mol. The van der Waals surface area contributed by atoms with E-state index in [1.165, 1.54) is 5.56 Å². The van der Waals surface area contributed by atoms with Gasteiger partial charge in [0.05, 0.1) is 11.7 Å². The Balaban J connectivity index is 1.54. The lowest BCUT2D eigenvalue weighted by Gasteiger charge is -2.38. The summed E-state index contributed by atoms with van der Waals surface area (Å²) >= 11 is 0.995. The molecule has 0 amide bonds. The Morgan fingerprint density at radius 1 is 1.14 bits per heavy atom. The minimum atomic E-state index is -3.78. The zero-order chi connectivity index (χ0) is 19.6. The number of fused-ring (bicyclic) bond motifs is 1. The van der Waals surface area contributed by atoms with Crippen molar-refractivity contribution < 1.29 is 13.5 Å². The van der Waals surface area contributed by atoms with E-state index < -0.39 is 10.0 Å². The molecule has 0 unspecified atom stereocenters. The van der Waals surface area contributed by atoms with Crippen molar-refractivity contribution in [3.05, 3.63) is 54.1 Å². The number of hydrogen-bond donors (Lipinski definition) is 2. The molecule has 0 spiro atoms. The van der Waals surface area contributed by atoms with E-state index in [0.717, 1.165) is 31.2 Å². The maximum Gasteiger partial charge on any atom is 0.243 e. The van der Waals surface area contributed by atoms with Crippen LogP contribution in [0, 0.1) is 5.92 Å². The molecular weight excluding hydrogens is 396 g/mol. The second-order valence-corrected chi connectivity index (χ2v) is 9.28. The summed E-state index contributed by atoms with van der Waals surface area (Å²) in [7, 11) is -3.78. The van der Waals surface area contributed by atoms with Gasteiger partial charge in [-0.3, -0.25) is 4.90 Å². The molecule has 3 aromatic rings. The van der Waals surface area contributed by atoms with Gasteiger partial charge in [0.15, 0.2) is 0 Å². The van der Waals surface area contributed by atoms with Gasteiger partial charge >= 0.3 is 0 Å². The average molecular weight is 419 g/mol. The monoisotopic (exact) mass is 418 g/mol. The Labute approximate surface area is 168 Å². The first-order valence-corrected chi connectivity index (χ1v) is 11.4. The molecule has 1 saturated heterocycles. The summed E-state index contributed by atoms with van der Waals surface area (Å²) in [4.78, 5) is 2.36. The van der Waals surface area contributed by atoms with Crippen molar-refractivity contribution in [3.8, 4) is 0 Å². The third-order valence-corrected chi connectivity index (χ3v) is 7.23. The van der Waals surface area contributed by atoms with Gasteiger partial charge in [-0.15, -0.1) is 0 Å². The van der Waals surface area contributed by atoms with E-state index in [0.29, 0.717) is 17.6 Å². The first-order valence-electron chi connectivity index (χ1n) is 9.17. The Morgan fingerprint density at radius 3 is 2.75 bits per heavy atom. The Bertz CT molecular complexity index is 1040. The van der Waals surface area contributed by atoms with Gasteiger partial charge in [-0.2, -0.15) is 8.75 Å². The van der Waals surface area contributed by atoms with Crippen LogP contribution >= 0.6 is 11.7 Å². The van der Waals surface area contributed by atoms with Gasteiger partial charge in [-0.1, -0.05) is 36.4 Å². The lowest BCUT2D eigenvalue weighted by Crippen LogP contribution is -2.53. The fourth-order valence-electron chi connectivity index (χ4n) is 3.67. The molecule has 1 fully saturated rings. The van der Waals surface area contributed by atoms with Crippen LogP contribution in [0.1, 0.15) is 12.0 Å². The van der Waals surface area contributed by atoms with Crippen LogP contribution in [-0.2, 0) is 16.6 Å². The van der Waals surface area contributed by atoms with Gasteiger partial charge in [0.1, 0.15) is 15.9 Å². The largest absolute Gasteiger partial charge is 0.396 e. The molecule has 1 aliphatic heterocycles. The maximum absolute atomic E-state index is 13.1. The summed E-state index contributed by atoms with van der Waals surface area (Å²) in [5.74, 6) is -0.116. The summed E-state index contributed by atoms with van der Waals surface area (Å²) in [6.45, 7) is 2.08. The zero-order valence-electron chi connectivity index (χ0n) is 15.2. The van der Waals surface area contributed by atoms with Gasteiger partial charge < -0.3 is 5.11 Å². The second-order valence-electron chi connectivity index (χ2n) is 7.07. The topological polar surface area (TPSA) is 95.4 Å². The Hall–Kier alpha value is -1.91. The summed E-state index contributed by atoms with van der Waals surface area (Å²) < 4.78 is 37.2. The predicted octanol–water partition coefficient (Wildman–Crippen LogP) is 1.85. The lowest BCUT2D eigenvalue weighted by atomic mass is 9.93. The molecule has 0 bridgehead atoms. The summed E-state index contributed by atoms with van der Waals surface area (Å²) in [6.07, 6.45) is 0.735. The molecule has 0 aliphatic carbocycles. The third kappa shape index (κ3) is 4.08. The van der Waals surface area contributed by atoms with E-state index in [4.69, 9.17) is 0 Å². The van der Waals surface area contributed by atoms with E-state index >= 15 is 0 Å². The molecule has 7 nitrogen and oxygen atoms in total. The van der Waals surface area contributed by atoms with Gasteiger partial charge in [0.2, 0.25) is 10.0 Å². The SMILES string of the molecule is O=S(=O)(N[C@H]1CN(Cc2ccccc2)CC[C@@H]1CO)c1cccc2nsnc12. The number of hydrogen-bond acceptors (Lipinski definition) is 7. The first-order chi connectivity index (χ1) is 13.6. The highest BCUT2D eigenvalue weighted by Gasteiger charge is 2.33. The van der Waals surface area contributed by atoms with Crippen molar-refractivity contribution in [1.29, 1.82) is 0 Å². The number of nitrogens with zero attached hydrogens (tertiary/aromatic N) is 3. The molecule has 148 valence electrons. The molecule has 28 heavy (non-hydrogen) atoms. The molecule has 0 saturated carbocycles. The van der Waals surface area contributed by atoms with Crippen LogP contribution in [0.25, 0.3) is 11.0 Å². The number of benzene rings is 2. The Kier molecular flexibility index (Phi) is 5.70. The molecule has 4 rings (SSSR count). The van der Waals surface area contributed by atoms with Crippen molar-refractivity contribution in [1.82, 2.24) is 18.4 Å². The van der Waals surface area contributed by atoms with E-state index in [1.807, 2.05) is 18.2 Å². The highest BCUT2D eigenvalue weighted by molar-refractivity contribution is 7.89. The summed E-state index contributed by atoms with van der Waals surface area (Å²) in [5.41, 5.74) is 2.14. The molecule has 1 aliphatic rings. The van der Waals surface area contributed by atoms with Crippen molar-refractivity contribution in [2.45, 2.75) is 23.9 Å². The van der Waals surface area contributed by atoms with E-state index in [2.05, 4.69) is 30.5 Å². The number of aliphatic hydroxyl groups excluding tert-OH is 1. The van der Waals surface area contributed by atoms with Crippen LogP contribution in [0.2, 0.25) is 0 Å². The second kappa shape index (κ2) is 8.22.